The molecule has 0 aromatic heterocycles. The van der Waals surface area contributed by atoms with Crippen LogP contribution in [0, 0.1) is 0 Å². The van der Waals surface area contributed by atoms with Crippen LogP contribution in [0.1, 0.15) is 23.6 Å². The van der Waals surface area contributed by atoms with E-state index in [9.17, 15) is 4.79 Å². The molecule has 1 amide bonds. The first-order valence-electron chi connectivity index (χ1n) is 8.92. The molecule has 1 atom stereocenters. The van der Waals surface area contributed by atoms with Gasteiger partial charge in [-0.05, 0) is 30.7 Å². The molecule has 0 saturated heterocycles. The summed E-state index contributed by atoms with van der Waals surface area (Å²) in [6.45, 7) is 2.31. The summed E-state index contributed by atoms with van der Waals surface area (Å²) in [5, 5.41) is 0.664. The first-order valence-corrected chi connectivity index (χ1v) is 9.30. The first-order chi connectivity index (χ1) is 13.1. The number of halogens is 1. The van der Waals surface area contributed by atoms with Crippen molar-refractivity contribution in [3.05, 3.63) is 101 Å². The maximum absolute atomic E-state index is 13.2. The Hall–Kier alpha value is -2.91. The second-order valence-corrected chi connectivity index (χ2v) is 7.03. The van der Waals surface area contributed by atoms with Crippen LogP contribution in [0.25, 0.3) is 0 Å². The van der Waals surface area contributed by atoms with Crippen molar-refractivity contribution in [1.82, 2.24) is 0 Å². The van der Waals surface area contributed by atoms with Gasteiger partial charge in [-0.15, -0.1) is 0 Å². The second-order valence-electron chi connectivity index (χ2n) is 6.59. The smallest absolute Gasteiger partial charge is 0.251 e. The number of aliphatic imine (C=N–C) groups is 1. The highest BCUT2D eigenvalue weighted by Crippen LogP contribution is 2.30. The van der Waals surface area contributed by atoms with Crippen molar-refractivity contribution in [2.24, 2.45) is 4.99 Å². The number of benzodiazepines with no additional fused rings is 1. The van der Waals surface area contributed by atoms with E-state index in [0.29, 0.717) is 11.6 Å². The standard InChI is InChI=1S/C23H19ClN2O/c1-16-23(27)26(15-17-8-7-11-19(24)14-17)21-13-6-5-12-20(21)22(25-16)18-9-3-2-4-10-18/h2-14,16H,15H2,1H3. The van der Waals surface area contributed by atoms with E-state index in [2.05, 4.69) is 0 Å². The normalized spacial score (nSPS) is 16.5. The Labute approximate surface area is 163 Å². The predicted octanol–water partition coefficient (Wildman–Crippen LogP) is 5.11. The van der Waals surface area contributed by atoms with Crippen molar-refractivity contribution < 1.29 is 4.79 Å². The van der Waals surface area contributed by atoms with E-state index in [-0.39, 0.29) is 5.91 Å². The summed E-state index contributed by atoms with van der Waals surface area (Å²) in [7, 11) is 0. The van der Waals surface area contributed by atoms with Crippen LogP contribution in [0.3, 0.4) is 0 Å². The Morgan fingerprint density at radius 1 is 0.963 bits per heavy atom. The highest BCUT2D eigenvalue weighted by Gasteiger charge is 2.29. The minimum atomic E-state index is -0.466. The van der Waals surface area contributed by atoms with Crippen LogP contribution in [0.5, 0.6) is 0 Å². The lowest BCUT2D eigenvalue weighted by atomic mass is 10.00. The van der Waals surface area contributed by atoms with Gasteiger partial charge in [-0.25, -0.2) is 0 Å². The molecular weight excluding hydrogens is 356 g/mol. The number of anilines is 1. The number of rotatable bonds is 3. The van der Waals surface area contributed by atoms with Crippen molar-refractivity contribution in [2.75, 3.05) is 4.90 Å². The average Bonchev–Trinajstić information content (AvgIpc) is 2.79. The number of carbonyl (C=O) groups excluding carboxylic acids is 1. The van der Waals surface area contributed by atoms with Crippen LogP contribution in [-0.2, 0) is 11.3 Å². The van der Waals surface area contributed by atoms with Crippen LogP contribution in [0.15, 0.2) is 83.9 Å². The summed E-state index contributed by atoms with van der Waals surface area (Å²) in [5.74, 6) is -0.0200. The molecule has 4 heteroatoms. The lowest BCUT2D eigenvalue weighted by Gasteiger charge is -2.24. The van der Waals surface area contributed by atoms with Crippen molar-refractivity contribution in [2.45, 2.75) is 19.5 Å². The molecular formula is C23H19ClN2O. The van der Waals surface area contributed by atoms with E-state index in [4.69, 9.17) is 16.6 Å². The van der Waals surface area contributed by atoms with Gasteiger partial charge in [0.25, 0.3) is 5.91 Å². The number of fused-ring (bicyclic) bond motifs is 1. The predicted molar refractivity (Wildman–Crippen MR) is 111 cm³/mol. The molecule has 0 fully saturated rings. The lowest BCUT2D eigenvalue weighted by Crippen LogP contribution is -2.36. The summed E-state index contributed by atoms with van der Waals surface area (Å²) < 4.78 is 0. The largest absolute Gasteiger partial charge is 0.305 e. The third-order valence-electron chi connectivity index (χ3n) is 4.67. The van der Waals surface area contributed by atoms with E-state index in [1.54, 1.807) is 0 Å². The molecule has 0 bridgehead atoms. The molecule has 1 heterocycles. The summed E-state index contributed by atoms with van der Waals surface area (Å²) in [6.07, 6.45) is 0. The summed E-state index contributed by atoms with van der Waals surface area (Å²) in [5.41, 5.74) is 4.67. The van der Waals surface area contributed by atoms with E-state index in [1.807, 2.05) is 90.7 Å². The summed E-state index contributed by atoms with van der Waals surface area (Å²) in [6, 6.07) is 25.1. The van der Waals surface area contributed by atoms with Crippen LogP contribution >= 0.6 is 11.6 Å². The minimum absolute atomic E-state index is 0.0200. The third-order valence-corrected chi connectivity index (χ3v) is 4.91. The van der Waals surface area contributed by atoms with Gasteiger partial charge < -0.3 is 4.90 Å². The van der Waals surface area contributed by atoms with Gasteiger partial charge in [-0.3, -0.25) is 9.79 Å². The maximum Gasteiger partial charge on any atom is 0.251 e. The van der Waals surface area contributed by atoms with Gasteiger partial charge >= 0.3 is 0 Å². The van der Waals surface area contributed by atoms with Gasteiger partial charge in [-0.2, -0.15) is 0 Å². The molecule has 0 saturated carbocycles. The fourth-order valence-corrected chi connectivity index (χ4v) is 3.59. The van der Waals surface area contributed by atoms with Gasteiger partial charge in [-0.1, -0.05) is 72.3 Å². The number of amides is 1. The Balaban J connectivity index is 1.83. The Morgan fingerprint density at radius 3 is 2.48 bits per heavy atom. The molecule has 3 aromatic rings. The summed E-state index contributed by atoms with van der Waals surface area (Å²) in [4.78, 5) is 19.7. The molecule has 0 radical (unpaired) electrons. The minimum Gasteiger partial charge on any atom is -0.305 e. The molecule has 3 nitrogen and oxygen atoms in total. The number of benzene rings is 3. The number of hydrogen-bond donors (Lipinski definition) is 0. The van der Waals surface area contributed by atoms with Crippen molar-refractivity contribution in [3.63, 3.8) is 0 Å². The first kappa shape index (κ1) is 17.5. The van der Waals surface area contributed by atoms with Gasteiger partial charge in [0.1, 0.15) is 6.04 Å². The number of carbonyl (C=O) groups is 1. The number of hydrogen-bond acceptors (Lipinski definition) is 2. The quantitative estimate of drug-likeness (QED) is 0.626. The maximum atomic E-state index is 13.2. The van der Waals surface area contributed by atoms with Gasteiger partial charge in [0.2, 0.25) is 0 Å². The van der Waals surface area contributed by atoms with E-state index in [1.165, 1.54) is 0 Å². The van der Waals surface area contributed by atoms with Gasteiger partial charge in [0, 0.05) is 16.1 Å². The van der Waals surface area contributed by atoms with E-state index in [0.717, 1.165) is 28.1 Å². The Bertz CT molecular complexity index is 1010. The van der Waals surface area contributed by atoms with Gasteiger partial charge in [0.05, 0.1) is 17.9 Å². The van der Waals surface area contributed by atoms with Crippen molar-refractivity contribution >= 4 is 28.9 Å². The fraction of sp³-hybridized carbons (Fsp3) is 0.130. The molecule has 0 N–H and O–H groups in total. The van der Waals surface area contributed by atoms with Gasteiger partial charge in [0.15, 0.2) is 0 Å². The highest BCUT2D eigenvalue weighted by atomic mass is 35.5. The average molecular weight is 375 g/mol. The summed E-state index contributed by atoms with van der Waals surface area (Å²) >= 11 is 6.14. The SMILES string of the molecule is CC1N=C(c2ccccc2)c2ccccc2N(Cc2cccc(Cl)c2)C1=O. The molecule has 0 spiro atoms. The fourth-order valence-electron chi connectivity index (χ4n) is 3.38. The number of nitrogens with zero attached hydrogens (tertiary/aromatic N) is 2. The topological polar surface area (TPSA) is 32.7 Å². The molecule has 1 aliphatic heterocycles. The Kier molecular flexibility index (Phi) is 4.78. The molecule has 1 unspecified atom stereocenters. The van der Waals surface area contributed by atoms with Crippen LogP contribution < -0.4 is 4.90 Å². The van der Waals surface area contributed by atoms with Crippen molar-refractivity contribution in [1.29, 1.82) is 0 Å². The van der Waals surface area contributed by atoms with Crippen LogP contribution in [-0.4, -0.2) is 17.7 Å². The monoisotopic (exact) mass is 374 g/mol. The molecule has 3 aromatic carbocycles. The van der Waals surface area contributed by atoms with E-state index >= 15 is 0 Å². The zero-order chi connectivity index (χ0) is 18.8. The van der Waals surface area contributed by atoms with Crippen molar-refractivity contribution in [3.8, 4) is 0 Å². The zero-order valence-corrected chi connectivity index (χ0v) is 15.7. The molecule has 27 heavy (non-hydrogen) atoms. The molecule has 0 aliphatic carbocycles. The number of para-hydroxylation sites is 1. The van der Waals surface area contributed by atoms with Crippen LogP contribution in [0.4, 0.5) is 5.69 Å². The zero-order valence-electron chi connectivity index (χ0n) is 15.0. The third kappa shape index (κ3) is 3.51. The molecule has 134 valence electrons. The molecule has 1 aliphatic rings. The van der Waals surface area contributed by atoms with Crippen LogP contribution in [0.2, 0.25) is 5.02 Å². The van der Waals surface area contributed by atoms with E-state index < -0.39 is 6.04 Å². The second kappa shape index (κ2) is 7.37. The highest BCUT2D eigenvalue weighted by molar-refractivity contribution is 6.30. The lowest BCUT2D eigenvalue weighted by molar-refractivity contribution is -0.119. The Morgan fingerprint density at radius 2 is 1.70 bits per heavy atom. The molecule has 4 rings (SSSR count).